The molecular weight excluding hydrogens is 460 g/mol. The summed E-state index contributed by atoms with van der Waals surface area (Å²) in [6, 6.07) is 17.8. The minimum atomic E-state index is -0.497. The highest BCUT2D eigenvalue weighted by molar-refractivity contribution is 9.10. The van der Waals surface area contributed by atoms with Crippen molar-refractivity contribution in [2.75, 3.05) is 12.3 Å². The summed E-state index contributed by atoms with van der Waals surface area (Å²) >= 11 is 5.02. The van der Waals surface area contributed by atoms with Gasteiger partial charge in [-0.15, -0.1) is 11.8 Å². The van der Waals surface area contributed by atoms with Crippen LogP contribution in [0.1, 0.15) is 38.3 Å². The van der Waals surface area contributed by atoms with Gasteiger partial charge in [0, 0.05) is 22.8 Å². The van der Waals surface area contributed by atoms with E-state index in [1.165, 1.54) is 5.56 Å². The number of hydrogen-bond acceptors (Lipinski definition) is 3. The molecule has 0 aliphatic carbocycles. The molecule has 0 fully saturated rings. The largest absolute Gasteiger partial charge is 0.352 e. The summed E-state index contributed by atoms with van der Waals surface area (Å²) in [5.74, 6) is 1.02. The van der Waals surface area contributed by atoms with Crippen molar-refractivity contribution in [2.24, 2.45) is 0 Å². The first-order chi connectivity index (χ1) is 14.4. The molecule has 162 valence electrons. The highest BCUT2D eigenvalue weighted by Crippen LogP contribution is 2.17. The van der Waals surface area contributed by atoms with Gasteiger partial charge in [-0.05, 0) is 49.9 Å². The maximum atomic E-state index is 13.0. The van der Waals surface area contributed by atoms with E-state index < -0.39 is 6.04 Å². The number of thioether (sulfide) groups is 1. The number of benzene rings is 2. The van der Waals surface area contributed by atoms with E-state index in [1.807, 2.05) is 51.1 Å². The smallest absolute Gasteiger partial charge is 0.242 e. The Morgan fingerprint density at radius 3 is 2.33 bits per heavy atom. The molecule has 0 aliphatic heterocycles. The average Bonchev–Trinajstić information content (AvgIpc) is 2.75. The Hall–Kier alpha value is -1.79. The Balaban J connectivity index is 1.99. The third-order valence-electron chi connectivity index (χ3n) is 5.06. The fraction of sp³-hybridized carbons (Fsp3) is 0.417. The van der Waals surface area contributed by atoms with Gasteiger partial charge in [-0.3, -0.25) is 9.59 Å². The van der Waals surface area contributed by atoms with Gasteiger partial charge in [0.25, 0.3) is 0 Å². The van der Waals surface area contributed by atoms with Gasteiger partial charge in [-0.25, -0.2) is 0 Å². The summed E-state index contributed by atoms with van der Waals surface area (Å²) in [4.78, 5) is 27.4. The molecule has 0 spiro atoms. The van der Waals surface area contributed by atoms with Crippen molar-refractivity contribution >= 4 is 39.5 Å². The van der Waals surface area contributed by atoms with Crippen LogP contribution in [0.15, 0.2) is 59.1 Å². The number of amides is 2. The molecule has 2 aromatic rings. The van der Waals surface area contributed by atoms with Crippen LogP contribution in [-0.4, -0.2) is 41.1 Å². The molecule has 0 aromatic heterocycles. The number of rotatable bonds is 11. The van der Waals surface area contributed by atoms with Crippen molar-refractivity contribution < 1.29 is 9.59 Å². The topological polar surface area (TPSA) is 49.4 Å². The van der Waals surface area contributed by atoms with Gasteiger partial charge < -0.3 is 10.2 Å². The normalized spacial score (nSPS) is 12.8. The Kier molecular flexibility index (Phi) is 10.4. The van der Waals surface area contributed by atoms with Crippen molar-refractivity contribution in [2.45, 2.75) is 51.4 Å². The van der Waals surface area contributed by atoms with Crippen LogP contribution in [0.4, 0.5) is 0 Å². The minimum Gasteiger partial charge on any atom is -0.352 e. The van der Waals surface area contributed by atoms with E-state index in [-0.39, 0.29) is 17.9 Å². The Labute approximate surface area is 192 Å². The van der Waals surface area contributed by atoms with Gasteiger partial charge in [0.2, 0.25) is 11.8 Å². The summed E-state index contributed by atoms with van der Waals surface area (Å²) in [7, 11) is 0. The summed E-state index contributed by atoms with van der Waals surface area (Å²) in [5, 5.41) is 3.01. The molecule has 1 N–H and O–H groups in total. The zero-order chi connectivity index (χ0) is 21.9. The second kappa shape index (κ2) is 12.8. The minimum absolute atomic E-state index is 0.000144. The van der Waals surface area contributed by atoms with E-state index in [1.54, 1.807) is 16.7 Å². The number of nitrogens with zero attached hydrogens (tertiary/aromatic N) is 1. The monoisotopic (exact) mass is 490 g/mol. The lowest BCUT2D eigenvalue weighted by molar-refractivity contribution is -0.138. The van der Waals surface area contributed by atoms with Gasteiger partial charge in [0.15, 0.2) is 0 Å². The predicted octanol–water partition coefficient (Wildman–Crippen LogP) is 5.06. The zero-order valence-electron chi connectivity index (χ0n) is 17.9. The molecule has 2 aromatic carbocycles. The number of hydrogen-bond donors (Lipinski definition) is 1. The third-order valence-corrected chi connectivity index (χ3v) is 6.58. The predicted molar refractivity (Wildman–Crippen MR) is 130 cm³/mol. The quantitative estimate of drug-likeness (QED) is 0.478. The summed E-state index contributed by atoms with van der Waals surface area (Å²) in [6.07, 6.45) is 1.59. The van der Waals surface area contributed by atoms with E-state index >= 15 is 0 Å². The Morgan fingerprint density at radius 2 is 1.70 bits per heavy atom. The van der Waals surface area contributed by atoms with Crippen molar-refractivity contribution in [3.05, 3.63) is 70.2 Å². The van der Waals surface area contributed by atoms with Crippen LogP contribution < -0.4 is 5.32 Å². The molecule has 2 rings (SSSR count). The van der Waals surface area contributed by atoms with E-state index in [4.69, 9.17) is 0 Å². The Bertz CT molecular complexity index is 799. The maximum Gasteiger partial charge on any atom is 0.242 e. The fourth-order valence-corrected chi connectivity index (χ4v) is 4.09. The first-order valence-corrected chi connectivity index (χ1v) is 12.3. The van der Waals surface area contributed by atoms with Gasteiger partial charge in [-0.1, -0.05) is 65.3 Å². The molecule has 6 heteroatoms. The molecule has 30 heavy (non-hydrogen) atoms. The molecule has 2 amide bonds. The zero-order valence-corrected chi connectivity index (χ0v) is 20.3. The van der Waals surface area contributed by atoms with Crippen LogP contribution in [0.2, 0.25) is 0 Å². The fourth-order valence-electron chi connectivity index (χ4n) is 2.96. The molecule has 2 atom stereocenters. The van der Waals surface area contributed by atoms with Gasteiger partial charge >= 0.3 is 0 Å². The molecule has 0 saturated heterocycles. The van der Waals surface area contributed by atoms with Crippen LogP contribution in [-0.2, 0) is 21.8 Å². The number of carbonyl (C=O) groups is 2. The molecule has 0 heterocycles. The molecule has 4 nitrogen and oxygen atoms in total. The van der Waals surface area contributed by atoms with Crippen LogP contribution >= 0.6 is 27.7 Å². The molecule has 0 radical (unpaired) electrons. The number of halogens is 1. The molecule has 0 aliphatic rings. The van der Waals surface area contributed by atoms with Gasteiger partial charge in [0.05, 0.1) is 5.75 Å². The van der Waals surface area contributed by atoms with Crippen LogP contribution in [0, 0.1) is 0 Å². The SMILES string of the molecule is CC[C@H](C)NC(=O)[C@@H](C)N(CCc1ccccc1)C(=O)CSCc1ccc(Br)cc1. The van der Waals surface area contributed by atoms with E-state index in [0.717, 1.165) is 28.6 Å². The van der Waals surface area contributed by atoms with Crippen LogP contribution in [0.5, 0.6) is 0 Å². The third kappa shape index (κ3) is 8.15. The van der Waals surface area contributed by atoms with Crippen molar-refractivity contribution in [3.8, 4) is 0 Å². The standard InChI is InChI=1S/C24H31BrN2O2S/c1-4-18(2)26-24(29)19(3)27(15-14-20-8-6-5-7-9-20)23(28)17-30-16-21-10-12-22(25)13-11-21/h5-13,18-19H,4,14-17H2,1-3H3,(H,26,29)/t18-,19+/m0/s1. The summed E-state index contributed by atoms with van der Waals surface area (Å²) in [6.45, 7) is 6.36. The molecular formula is C24H31BrN2O2S. The first kappa shape index (κ1) is 24.5. The Morgan fingerprint density at radius 1 is 1.03 bits per heavy atom. The lowest BCUT2D eigenvalue weighted by Gasteiger charge is -2.29. The van der Waals surface area contributed by atoms with Crippen molar-refractivity contribution in [3.63, 3.8) is 0 Å². The van der Waals surface area contributed by atoms with Gasteiger partial charge in [-0.2, -0.15) is 0 Å². The molecule has 0 bridgehead atoms. The van der Waals surface area contributed by atoms with E-state index in [0.29, 0.717) is 12.3 Å². The van der Waals surface area contributed by atoms with E-state index in [2.05, 4.69) is 45.5 Å². The maximum absolute atomic E-state index is 13.0. The van der Waals surface area contributed by atoms with Crippen molar-refractivity contribution in [1.29, 1.82) is 0 Å². The second-order valence-electron chi connectivity index (χ2n) is 7.44. The van der Waals surface area contributed by atoms with Crippen LogP contribution in [0.25, 0.3) is 0 Å². The lowest BCUT2D eigenvalue weighted by Crippen LogP contribution is -2.51. The highest BCUT2D eigenvalue weighted by Gasteiger charge is 2.26. The highest BCUT2D eigenvalue weighted by atomic mass is 79.9. The van der Waals surface area contributed by atoms with Crippen molar-refractivity contribution in [1.82, 2.24) is 10.2 Å². The van der Waals surface area contributed by atoms with E-state index in [9.17, 15) is 9.59 Å². The number of nitrogens with one attached hydrogen (secondary N) is 1. The molecule has 0 saturated carbocycles. The lowest BCUT2D eigenvalue weighted by atomic mass is 10.1. The average molecular weight is 491 g/mol. The van der Waals surface area contributed by atoms with Gasteiger partial charge in [0.1, 0.15) is 6.04 Å². The number of carbonyl (C=O) groups excluding carboxylic acids is 2. The first-order valence-electron chi connectivity index (χ1n) is 10.4. The second-order valence-corrected chi connectivity index (χ2v) is 9.34. The summed E-state index contributed by atoms with van der Waals surface area (Å²) < 4.78 is 1.04. The van der Waals surface area contributed by atoms with Crippen LogP contribution in [0.3, 0.4) is 0 Å². The summed E-state index contributed by atoms with van der Waals surface area (Å²) in [5.41, 5.74) is 2.33. The molecule has 0 unspecified atom stereocenters.